The van der Waals surface area contributed by atoms with E-state index in [1.807, 2.05) is 36.4 Å². The second-order valence-electron chi connectivity index (χ2n) is 4.89. The number of phenolic OH excluding ortho intramolecular Hbond substituents is 1. The maximum absolute atomic E-state index is 10.2. The van der Waals surface area contributed by atoms with Crippen LogP contribution in [0, 0.1) is 0 Å². The highest BCUT2D eigenvalue weighted by atomic mass is 16.5. The van der Waals surface area contributed by atoms with Gasteiger partial charge in [0.05, 0.1) is 6.61 Å². The average Bonchev–Trinajstić information content (AvgIpc) is 2.60. The molecule has 0 saturated heterocycles. The number of aliphatic hydroxyl groups is 1. The minimum atomic E-state index is -0.229. The third-order valence-corrected chi connectivity index (χ3v) is 3.27. The van der Waals surface area contributed by atoms with Gasteiger partial charge in [-0.25, -0.2) is 0 Å². The molecule has 0 aromatic heterocycles. The molecule has 4 nitrogen and oxygen atoms in total. The summed E-state index contributed by atoms with van der Waals surface area (Å²) in [5.74, 6) is 1.56. The predicted octanol–water partition coefficient (Wildman–Crippen LogP) is 4.47. The fourth-order valence-electron chi connectivity index (χ4n) is 2.14. The van der Waals surface area contributed by atoms with Gasteiger partial charge < -0.3 is 19.7 Å². The van der Waals surface area contributed by atoms with Crippen LogP contribution < -0.4 is 9.47 Å². The Labute approximate surface area is 134 Å². The van der Waals surface area contributed by atoms with Crippen LogP contribution in [0.25, 0.3) is 0 Å². The van der Waals surface area contributed by atoms with Gasteiger partial charge in [0.15, 0.2) is 11.5 Å². The molecule has 3 aromatic carbocycles. The van der Waals surface area contributed by atoms with Gasteiger partial charge in [-0.05, 0) is 36.4 Å². The van der Waals surface area contributed by atoms with E-state index in [-0.39, 0.29) is 18.1 Å². The molecule has 0 heterocycles. The number of para-hydroxylation sites is 2. The van der Waals surface area contributed by atoms with E-state index in [0.717, 1.165) is 0 Å². The molecule has 0 radical (unpaired) electrons. The molecule has 0 unspecified atom stereocenters. The number of hydrogen-bond acceptors (Lipinski definition) is 4. The SMILES string of the molecule is OCc1ccc(O)c(Oc2ccccc2)c1Oc1ccccc1. The third kappa shape index (κ3) is 3.44. The molecule has 0 spiro atoms. The van der Waals surface area contributed by atoms with Crippen molar-refractivity contribution in [1.82, 2.24) is 0 Å². The molecule has 3 rings (SSSR count). The van der Waals surface area contributed by atoms with Gasteiger partial charge in [0.1, 0.15) is 11.5 Å². The van der Waals surface area contributed by atoms with Gasteiger partial charge in [-0.2, -0.15) is 0 Å². The first-order valence-electron chi connectivity index (χ1n) is 7.19. The lowest BCUT2D eigenvalue weighted by molar-refractivity contribution is 0.274. The van der Waals surface area contributed by atoms with Gasteiger partial charge in [0.2, 0.25) is 5.75 Å². The van der Waals surface area contributed by atoms with E-state index in [4.69, 9.17) is 9.47 Å². The first-order valence-corrected chi connectivity index (χ1v) is 7.19. The summed E-state index contributed by atoms with van der Waals surface area (Å²) >= 11 is 0. The van der Waals surface area contributed by atoms with E-state index >= 15 is 0 Å². The summed E-state index contributed by atoms with van der Waals surface area (Å²) in [6.07, 6.45) is 0. The lowest BCUT2D eigenvalue weighted by atomic mass is 10.1. The van der Waals surface area contributed by atoms with Crippen LogP contribution in [0.5, 0.6) is 28.7 Å². The normalized spacial score (nSPS) is 10.3. The zero-order valence-electron chi connectivity index (χ0n) is 12.3. The van der Waals surface area contributed by atoms with Crippen LogP contribution in [0.2, 0.25) is 0 Å². The maximum atomic E-state index is 10.2. The van der Waals surface area contributed by atoms with Crippen molar-refractivity contribution in [1.29, 1.82) is 0 Å². The van der Waals surface area contributed by atoms with E-state index in [9.17, 15) is 10.2 Å². The molecular weight excluding hydrogens is 292 g/mol. The highest BCUT2D eigenvalue weighted by Gasteiger charge is 2.17. The van der Waals surface area contributed by atoms with Crippen LogP contribution in [-0.4, -0.2) is 10.2 Å². The van der Waals surface area contributed by atoms with E-state index in [0.29, 0.717) is 22.8 Å². The number of ether oxygens (including phenoxy) is 2. The van der Waals surface area contributed by atoms with Crippen molar-refractivity contribution in [2.75, 3.05) is 0 Å². The Bertz CT molecular complexity index is 770. The Morgan fingerprint density at radius 3 is 1.70 bits per heavy atom. The van der Waals surface area contributed by atoms with Gasteiger partial charge in [0, 0.05) is 5.56 Å². The zero-order chi connectivity index (χ0) is 16.1. The largest absolute Gasteiger partial charge is 0.504 e. The summed E-state index contributed by atoms with van der Waals surface area (Å²) in [4.78, 5) is 0. The highest BCUT2D eigenvalue weighted by molar-refractivity contribution is 5.57. The molecule has 3 aromatic rings. The minimum absolute atomic E-state index is 0.0583. The summed E-state index contributed by atoms with van der Waals surface area (Å²) in [5, 5.41) is 19.7. The lowest BCUT2D eigenvalue weighted by Crippen LogP contribution is -1.96. The third-order valence-electron chi connectivity index (χ3n) is 3.27. The van der Waals surface area contributed by atoms with Crippen LogP contribution in [0.3, 0.4) is 0 Å². The van der Waals surface area contributed by atoms with E-state index in [1.54, 1.807) is 30.3 Å². The molecule has 0 fully saturated rings. The van der Waals surface area contributed by atoms with Crippen LogP contribution in [0.4, 0.5) is 0 Å². The second kappa shape index (κ2) is 6.85. The molecule has 0 aliphatic carbocycles. The molecule has 4 heteroatoms. The van der Waals surface area contributed by atoms with Crippen LogP contribution in [0.1, 0.15) is 5.56 Å². The van der Waals surface area contributed by atoms with Crippen molar-refractivity contribution in [3.8, 4) is 28.7 Å². The summed E-state index contributed by atoms with van der Waals surface area (Å²) in [5.41, 5.74) is 0.526. The van der Waals surface area contributed by atoms with Crippen molar-refractivity contribution in [2.24, 2.45) is 0 Å². The first kappa shape index (κ1) is 14.9. The Balaban J connectivity index is 2.03. The van der Waals surface area contributed by atoms with Gasteiger partial charge in [0.25, 0.3) is 0 Å². The standard InChI is InChI=1S/C19H16O4/c20-13-14-11-12-17(21)19(23-16-9-5-2-6-10-16)18(14)22-15-7-3-1-4-8-15/h1-12,20-21H,13H2. The predicted molar refractivity (Wildman–Crippen MR) is 87.1 cm³/mol. The summed E-state index contributed by atoms with van der Waals surface area (Å²) < 4.78 is 11.6. The summed E-state index contributed by atoms with van der Waals surface area (Å²) in [6, 6.07) is 21.3. The number of hydrogen-bond donors (Lipinski definition) is 2. The van der Waals surface area contributed by atoms with Gasteiger partial charge in [-0.1, -0.05) is 36.4 Å². The van der Waals surface area contributed by atoms with Crippen molar-refractivity contribution in [3.63, 3.8) is 0 Å². The summed E-state index contributed by atoms with van der Waals surface area (Å²) in [7, 11) is 0. The Morgan fingerprint density at radius 2 is 1.17 bits per heavy atom. The topological polar surface area (TPSA) is 58.9 Å². The molecular formula is C19H16O4. The van der Waals surface area contributed by atoms with Crippen LogP contribution >= 0.6 is 0 Å². The van der Waals surface area contributed by atoms with Crippen molar-refractivity contribution >= 4 is 0 Å². The Hall–Kier alpha value is -2.98. The molecule has 0 atom stereocenters. The number of phenols is 1. The van der Waals surface area contributed by atoms with E-state index in [2.05, 4.69) is 0 Å². The molecule has 0 bridgehead atoms. The number of rotatable bonds is 5. The molecule has 0 aliphatic heterocycles. The van der Waals surface area contributed by atoms with Crippen molar-refractivity contribution in [2.45, 2.75) is 6.61 Å². The summed E-state index contributed by atoms with van der Waals surface area (Å²) in [6.45, 7) is -0.229. The van der Waals surface area contributed by atoms with Crippen LogP contribution in [-0.2, 0) is 6.61 Å². The van der Waals surface area contributed by atoms with E-state index in [1.165, 1.54) is 6.07 Å². The monoisotopic (exact) mass is 308 g/mol. The average molecular weight is 308 g/mol. The molecule has 116 valence electrons. The van der Waals surface area contributed by atoms with Gasteiger partial charge in [-0.3, -0.25) is 0 Å². The number of aliphatic hydroxyl groups excluding tert-OH is 1. The smallest absolute Gasteiger partial charge is 0.211 e. The van der Waals surface area contributed by atoms with Crippen molar-refractivity contribution < 1.29 is 19.7 Å². The Morgan fingerprint density at radius 1 is 0.652 bits per heavy atom. The fraction of sp³-hybridized carbons (Fsp3) is 0.0526. The molecule has 23 heavy (non-hydrogen) atoms. The minimum Gasteiger partial charge on any atom is -0.504 e. The molecule has 0 aliphatic rings. The molecule has 0 amide bonds. The quantitative estimate of drug-likeness (QED) is 0.730. The highest BCUT2D eigenvalue weighted by Crippen LogP contribution is 2.44. The van der Waals surface area contributed by atoms with Crippen LogP contribution in [0.15, 0.2) is 72.8 Å². The molecule has 2 N–H and O–H groups in total. The van der Waals surface area contributed by atoms with Crippen molar-refractivity contribution in [3.05, 3.63) is 78.4 Å². The first-order chi connectivity index (χ1) is 11.3. The number of aromatic hydroxyl groups is 1. The lowest BCUT2D eigenvalue weighted by Gasteiger charge is -2.16. The van der Waals surface area contributed by atoms with Gasteiger partial charge >= 0.3 is 0 Å². The molecule has 0 saturated carbocycles. The number of benzene rings is 3. The van der Waals surface area contributed by atoms with E-state index < -0.39 is 0 Å². The fourth-order valence-corrected chi connectivity index (χ4v) is 2.14. The van der Waals surface area contributed by atoms with Gasteiger partial charge in [-0.15, -0.1) is 0 Å². The maximum Gasteiger partial charge on any atom is 0.211 e. The Kier molecular flexibility index (Phi) is 4.45. The zero-order valence-corrected chi connectivity index (χ0v) is 12.3. The second-order valence-corrected chi connectivity index (χ2v) is 4.89.